The van der Waals surface area contributed by atoms with E-state index in [1.807, 2.05) is 45.0 Å². The molecule has 1 fully saturated rings. The van der Waals surface area contributed by atoms with Gasteiger partial charge in [-0.05, 0) is 49.4 Å². The Bertz CT molecular complexity index is 925. The van der Waals surface area contributed by atoms with Crippen molar-refractivity contribution in [2.24, 2.45) is 0 Å². The van der Waals surface area contributed by atoms with E-state index in [1.165, 1.54) is 6.07 Å². The minimum absolute atomic E-state index is 0.237. The zero-order chi connectivity index (χ0) is 20.4. The largest absolute Gasteiger partial charge is 0.468 e. The highest BCUT2D eigenvalue weighted by Gasteiger charge is 2.34. The van der Waals surface area contributed by atoms with Gasteiger partial charge in [0.1, 0.15) is 17.6 Å². The molecule has 3 heterocycles. The molecular weight excluding hydrogens is 371 g/mol. The Morgan fingerprint density at radius 1 is 1.07 bits per heavy atom. The maximum atomic E-state index is 14.8. The summed E-state index contributed by atoms with van der Waals surface area (Å²) in [6.45, 7) is 10.2. The summed E-state index contributed by atoms with van der Waals surface area (Å²) in [6.07, 6.45) is 1.70. The highest BCUT2D eigenvalue weighted by molar-refractivity contribution is 5.27. The summed E-state index contributed by atoms with van der Waals surface area (Å²) in [5, 5.41) is 12.4. The molecule has 2 aromatic heterocycles. The lowest BCUT2D eigenvalue weighted by Crippen LogP contribution is -2.48. The standard InChI is InChI=1S/C21H27FN6O/c1-21(2,3)28-20(23-24-25-28)19(17-8-4-5-9-18(17)22)27-12-10-26(11-13-27)15-16-7-6-14-29-16/h4-9,14,19H,10-13,15H2,1-3H3. The number of hydrogen-bond donors (Lipinski definition) is 0. The van der Waals surface area contributed by atoms with E-state index in [0.717, 1.165) is 38.5 Å². The highest BCUT2D eigenvalue weighted by atomic mass is 19.1. The predicted molar refractivity (Wildman–Crippen MR) is 107 cm³/mol. The normalized spacial score (nSPS) is 17.5. The Kier molecular flexibility index (Phi) is 5.47. The Morgan fingerprint density at radius 3 is 2.48 bits per heavy atom. The van der Waals surface area contributed by atoms with Crippen molar-refractivity contribution >= 4 is 0 Å². The van der Waals surface area contributed by atoms with Gasteiger partial charge in [0.05, 0.1) is 18.3 Å². The number of halogens is 1. The minimum Gasteiger partial charge on any atom is -0.468 e. The number of benzene rings is 1. The quantitative estimate of drug-likeness (QED) is 0.658. The molecular formula is C21H27FN6O. The molecule has 0 radical (unpaired) electrons. The molecule has 3 aromatic rings. The molecule has 0 spiro atoms. The molecule has 1 aliphatic rings. The molecule has 1 atom stereocenters. The molecule has 7 nitrogen and oxygen atoms in total. The van der Waals surface area contributed by atoms with E-state index in [9.17, 15) is 4.39 Å². The lowest BCUT2D eigenvalue weighted by Gasteiger charge is -2.39. The van der Waals surface area contributed by atoms with Crippen LogP contribution in [-0.4, -0.2) is 56.2 Å². The Labute approximate surface area is 170 Å². The number of rotatable bonds is 5. The fourth-order valence-corrected chi connectivity index (χ4v) is 3.84. The van der Waals surface area contributed by atoms with Crippen molar-refractivity contribution in [3.63, 3.8) is 0 Å². The van der Waals surface area contributed by atoms with Crippen LogP contribution < -0.4 is 0 Å². The highest BCUT2D eigenvalue weighted by Crippen LogP contribution is 2.32. The van der Waals surface area contributed by atoms with Crippen LogP contribution in [0.3, 0.4) is 0 Å². The average molecular weight is 398 g/mol. The van der Waals surface area contributed by atoms with Crippen LogP contribution in [0.25, 0.3) is 0 Å². The molecule has 0 bridgehead atoms. The number of tetrazole rings is 1. The SMILES string of the molecule is CC(C)(C)n1nnnc1C(c1ccccc1F)N1CCN(Cc2ccco2)CC1. The predicted octanol–water partition coefficient (Wildman–Crippen LogP) is 3.07. The van der Waals surface area contributed by atoms with Crippen LogP contribution in [0.2, 0.25) is 0 Å². The van der Waals surface area contributed by atoms with Crippen LogP contribution in [0, 0.1) is 5.82 Å². The van der Waals surface area contributed by atoms with Crippen LogP contribution in [0.4, 0.5) is 4.39 Å². The molecule has 4 rings (SSSR count). The number of hydrogen-bond acceptors (Lipinski definition) is 6. The van der Waals surface area contributed by atoms with Gasteiger partial charge < -0.3 is 4.42 Å². The fraction of sp³-hybridized carbons (Fsp3) is 0.476. The van der Waals surface area contributed by atoms with Crippen molar-refractivity contribution in [1.82, 2.24) is 30.0 Å². The first kappa shape index (κ1) is 19.7. The van der Waals surface area contributed by atoms with E-state index in [-0.39, 0.29) is 17.4 Å². The second-order valence-electron chi connectivity index (χ2n) is 8.44. The van der Waals surface area contributed by atoms with Crippen molar-refractivity contribution < 1.29 is 8.81 Å². The van der Waals surface area contributed by atoms with Crippen LogP contribution in [0.1, 0.15) is 44.0 Å². The molecule has 0 saturated carbocycles. The molecule has 1 unspecified atom stereocenters. The maximum absolute atomic E-state index is 14.8. The Morgan fingerprint density at radius 2 is 1.83 bits per heavy atom. The summed E-state index contributed by atoms with van der Waals surface area (Å²) < 4.78 is 22.1. The third-order valence-electron chi connectivity index (χ3n) is 5.30. The van der Waals surface area contributed by atoms with Gasteiger partial charge in [0.2, 0.25) is 0 Å². The van der Waals surface area contributed by atoms with Crippen molar-refractivity contribution in [1.29, 1.82) is 0 Å². The van der Waals surface area contributed by atoms with E-state index in [1.54, 1.807) is 17.0 Å². The second-order valence-corrected chi connectivity index (χ2v) is 8.44. The lowest BCUT2D eigenvalue weighted by molar-refractivity contribution is 0.0923. The zero-order valence-electron chi connectivity index (χ0n) is 17.1. The molecule has 0 aliphatic carbocycles. The molecule has 1 saturated heterocycles. The number of aromatic nitrogens is 4. The second kappa shape index (κ2) is 8.04. The molecule has 1 aliphatic heterocycles. The molecule has 0 N–H and O–H groups in total. The van der Waals surface area contributed by atoms with E-state index in [4.69, 9.17) is 4.42 Å². The number of nitrogens with zero attached hydrogens (tertiary/aromatic N) is 6. The van der Waals surface area contributed by atoms with Gasteiger partial charge in [0, 0.05) is 31.7 Å². The van der Waals surface area contributed by atoms with Gasteiger partial charge in [-0.15, -0.1) is 5.10 Å². The monoisotopic (exact) mass is 398 g/mol. The summed E-state index contributed by atoms with van der Waals surface area (Å²) in [7, 11) is 0. The summed E-state index contributed by atoms with van der Waals surface area (Å²) in [5.74, 6) is 1.39. The molecule has 8 heteroatoms. The number of piperazine rings is 1. The van der Waals surface area contributed by atoms with Crippen LogP contribution in [-0.2, 0) is 12.1 Å². The molecule has 154 valence electrons. The topological polar surface area (TPSA) is 63.2 Å². The summed E-state index contributed by atoms with van der Waals surface area (Å²) in [6, 6.07) is 10.5. The van der Waals surface area contributed by atoms with Crippen molar-refractivity contribution in [3.05, 3.63) is 65.6 Å². The Hall–Kier alpha value is -2.58. The van der Waals surface area contributed by atoms with Crippen molar-refractivity contribution in [2.45, 2.75) is 38.9 Å². The third kappa shape index (κ3) is 4.23. The zero-order valence-corrected chi connectivity index (χ0v) is 17.1. The lowest BCUT2D eigenvalue weighted by atomic mass is 10.0. The van der Waals surface area contributed by atoms with Gasteiger partial charge in [-0.1, -0.05) is 18.2 Å². The van der Waals surface area contributed by atoms with Crippen LogP contribution >= 0.6 is 0 Å². The van der Waals surface area contributed by atoms with Gasteiger partial charge in [0.15, 0.2) is 5.82 Å². The first-order valence-electron chi connectivity index (χ1n) is 9.95. The fourth-order valence-electron chi connectivity index (χ4n) is 3.84. The van der Waals surface area contributed by atoms with Gasteiger partial charge in [0.25, 0.3) is 0 Å². The maximum Gasteiger partial charge on any atom is 0.173 e. The molecule has 29 heavy (non-hydrogen) atoms. The average Bonchev–Trinajstić information content (AvgIpc) is 3.37. The summed E-state index contributed by atoms with van der Waals surface area (Å²) >= 11 is 0. The van der Waals surface area contributed by atoms with E-state index < -0.39 is 0 Å². The molecule has 1 aromatic carbocycles. The first-order valence-corrected chi connectivity index (χ1v) is 9.95. The van der Waals surface area contributed by atoms with Gasteiger partial charge >= 0.3 is 0 Å². The van der Waals surface area contributed by atoms with Crippen molar-refractivity contribution in [2.75, 3.05) is 26.2 Å². The smallest absolute Gasteiger partial charge is 0.173 e. The Balaban J connectivity index is 1.61. The summed E-state index contributed by atoms with van der Waals surface area (Å²) in [4.78, 5) is 4.62. The first-order chi connectivity index (χ1) is 13.9. The van der Waals surface area contributed by atoms with E-state index in [0.29, 0.717) is 11.4 Å². The van der Waals surface area contributed by atoms with Crippen molar-refractivity contribution in [3.8, 4) is 0 Å². The number of furan rings is 1. The minimum atomic E-state index is -0.337. The van der Waals surface area contributed by atoms with Gasteiger partial charge in [-0.25, -0.2) is 9.07 Å². The third-order valence-corrected chi connectivity index (χ3v) is 5.30. The van der Waals surface area contributed by atoms with Gasteiger partial charge in [-0.3, -0.25) is 9.80 Å². The van der Waals surface area contributed by atoms with Gasteiger partial charge in [-0.2, -0.15) is 0 Å². The van der Waals surface area contributed by atoms with Crippen LogP contribution in [0.5, 0.6) is 0 Å². The van der Waals surface area contributed by atoms with E-state index >= 15 is 0 Å². The van der Waals surface area contributed by atoms with E-state index in [2.05, 4.69) is 25.3 Å². The van der Waals surface area contributed by atoms with Crippen LogP contribution in [0.15, 0.2) is 47.1 Å². The molecule has 0 amide bonds. The summed E-state index contributed by atoms with van der Waals surface area (Å²) in [5.41, 5.74) is 0.302.